The maximum absolute atomic E-state index is 13.1. The quantitative estimate of drug-likeness (QED) is 0.791. The number of hydrogen-bond acceptors (Lipinski definition) is 3. The van der Waals surface area contributed by atoms with Gasteiger partial charge in [-0.3, -0.25) is 4.79 Å². The fourth-order valence-corrected chi connectivity index (χ4v) is 4.36. The van der Waals surface area contributed by atoms with Gasteiger partial charge in [0, 0.05) is 11.8 Å². The molecule has 2 aliphatic carbocycles. The van der Waals surface area contributed by atoms with Gasteiger partial charge in [0.2, 0.25) is 0 Å². The van der Waals surface area contributed by atoms with Crippen LogP contribution < -0.4 is 4.74 Å². The van der Waals surface area contributed by atoms with E-state index in [4.69, 9.17) is 4.74 Å². The lowest BCUT2D eigenvalue weighted by Crippen LogP contribution is -2.36. The molecule has 0 unspecified atom stereocenters. The van der Waals surface area contributed by atoms with Crippen LogP contribution >= 0.6 is 0 Å². The van der Waals surface area contributed by atoms with Crippen molar-refractivity contribution in [3.63, 3.8) is 0 Å². The molecule has 0 saturated heterocycles. The summed E-state index contributed by atoms with van der Waals surface area (Å²) in [5.41, 5.74) is 4.16. The fraction of sp³-hybridized carbons (Fsp3) is 0.600. The van der Waals surface area contributed by atoms with E-state index < -0.39 is 5.41 Å². The summed E-state index contributed by atoms with van der Waals surface area (Å²) in [6, 6.07) is 2.08. The van der Waals surface area contributed by atoms with Crippen molar-refractivity contribution in [3.05, 3.63) is 28.3 Å². The van der Waals surface area contributed by atoms with Gasteiger partial charge in [0.05, 0.1) is 12.7 Å². The first-order valence-electron chi connectivity index (χ1n) is 8.56. The van der Waals surface area contributed by atoms with Crippen molar-refractivity contribution in [3.8, 4) is 5.75 Å². The van der Waals surface area contributed by atoms with Crippen molar-refractivity contribution in [2.75, 3.05) is 7.11 Å². The Bertz CT molecular complexity index is 672. The summed E-state index contributed by atoms with van der Waals surface area (Å²) in [6.45, 7) is 6.46. The van der Waals surface area contributed by atoms with Gasteiger partial charge in [0.1, 0.15) is 12.0 Å². The highest BCUT2D eigenvalue weighted by Gasteiger charge is 2.42. The van der Waals surface area contributed by atoms with E-state index in [0.717, 1.165) is 31.1 Å². The third-order valence-corrected chi connectivity index (χ3v) is 5.93. The van der Waals surface area contributed by atoms with Crippen LogP contribution in [0, 0.1) is 5.41 Å². The van der Waals surface area contributed by atoms with Crippen molar-refractivity contribution >= 4 is 12.1 Å². The summed E-state index contributed by atoms with van der Waals surface area (Å²) in [4.78, 5) is 24.1. The van der Waals surface area contributed by atoms with Crippen LogP contribution in [0.5, 0.6) is 5.75 Å². The monoisotopic (exact) mass is 314 g/mol. The van der Waals surface area contributed by atoms with Crippen molar-refractivity contribution in [2.24, 2.45) is 5.41 Å². The zero-order chi connectivity index (χ0) is 16.8. The standard InChI is InChI=1S/C20H26O3/c1-19(2)8-5-6-13-14-7-9-20(3,10-11-21)18(22)17(14)16(23-4)12-15(13)19/h11-12H,5-10H2,1-4H3/t20-/m1/s1. The molecule has 0 aromatic heterocycles. The first kappa shape index (κ1) is 16.2. The Morgan fingerprint density at radius 2 is 1.91 bits per heavy atom. The van der Waals surface area contributed by atoms with Crippen LogP contribution in [0.2, 0.25) is 0 Å². The number of aldehydes is 1. The normalized spacial score (nSPS) is 25.5. The Morgan fingerprint density at radius 1 is 1.17 bits per heavy atom. The number of benzene rings is 1. The lowest BCUT2D eigenvalue weighted by molar-refractivity contribution is -0.109. The van der Waals surface area contributed by atoms with Crippen molar-refractivity contribution in [1.29, 1.82) is 0 Å². The van der Waals surface area contributed by atoms with E-state index in [9.17, 15) is 9.59 Å². The Hall–Kier alpha value is -1.64. The molecule has 1 aromatic rings. The molecule has 3 heteroatoms. The van der Waals surface area contributed by atoms with Crippen LogP contribution in [0.15, 0.2) is 6.07 Å². The highest BCUT2D eigenvalue weighted by Crippen LogP contribution is 2.47. The maximum atomic E-state index is 13.1. The predicted molar refractivity (Wildman–Crippen MR) is 90.4 cm³/mol. The maximum Gasteiger partial charge on any atom is 0.173 e. The first-order chi connectivity index (χ1) is 10.8. The molecule has 0 radical (unpaired) electrons. The van der Waals surface area contributed by atoms with Gasteiger partial charge in [-0.2, -0.15) is 0 Å². The van der Waals surface area contributed by atoms with Gasteiger partial charge in [-0.15, -0.1) is 0 Å². The Kier molecular flexibility index (Phi) is 3.86. The van der Waals surface area contributed by atoms with E-state index in [-0.39, 0.29) is 17.6 Å². The van der Waals surface area contributed by atoms with Gasteiger partial charge in [0.15, 0.2) is 5.78 Å². The SMILES string of the molecule is COc1cc2c(c3c1C(=O)[C@@](C)(CC=O)CC3)CCCC2(C)C. The molecule has 1 aromatic carbocycles. The number of methoxy groups -OCH3 is 1. The summed E-state index contributed by atoms with van der Waals surface area (Å²) in [7, 11) is 1.64. The van der Waals surface area contributed by atoms with Crippen LogP contribution in [0.1, 0.15) is 73.5 Å². The number of rotatable bonds is 3. The van der Waals surface area contributed by atoms with Crippen LogP contribution in [0.3, 0.4) is 0 Å². The predicted octanol–water partition coefficient (Wildman–Crippen LogP) is 4.03. The van der Waals surface area contributed by atoms with E-state index in [1.165, 1.54) is 29.5 Å². The minimum absolute atomic E-state index is 0.0777. The highest BCUT2D eigenvalue weighted by atomic mass is 16.5. The van der Waals surface area contributed by atoms with Gasteiger partial charge in [-0.1, -0.05) is 20.8 Å². The Labute approximate surface area is 138 Å². The summed E-state index contributed by atoms with van der Waals surface area (Å²) in [5, 5.41) is 0. The van der Waals surface area contributed by atoms with Crippen molar-refractivity contribution in [1.82, 2.24) is 0 Å². The van der Waals surface area contributed by atoms with Gasteiger partial charge >= 0.3 is 0 Å². The highest BCUT2D eigenvalue weighted by molar-refractivity contribution is 6.06. The molecule has 3 rings (SSSR count). The third-order valence-electron chi connectivity index (χ3n) is 5.93. The molecule has 0 aliphatic heterocycles. The summed E-state index contributed by atoms with van der Waals surface area (Å²) >= 11 is 0. The molecule has 23 heavy (non-hydrogen) atoms. The molecule has 0 spiro atoms. The minimum atomic E-state index is -0.583. The zero-order valence-corrected chi connectivity index (χ0v) is 14.6. The largest absolute Gasteiger partial charge is 0.496 e. The summed E-state index contributed by atoms with van der Waals surface area (Å²) in [5.74, 6) is 0.768. The Balaban J connectivity index is 2.22. The van der Waals surface area contributed by atoms with Crippen LogP contribution in [-0.2, 0) is 23.1 Å². The van der Waals surface area contributed by atoms with Gasteiger partial charge < -0.3 is 9.53 Å². The minimum Gasteiger partial charge on any atom is -0.496 e. The van der Waals surface area contributed by atoms with E-state index in [1.807, 2.05) is 6.92 Å². The number of Topliss-reactive ketones (excluding diaryl/α,β-unsaturated/α-hetero) is 1. The lowest BCUT2D eigenvalue weighted by Gasteiger charge is -2.39. The third kappa shape index (κ3) is 2.41. The summed E-state index contributed by atoms with van der Waals surface area (Å²) in [6.07, 6.45) is 6.15. The average Bonchev–Trinajstić information content (AvgIpc) is 2.50. The zero-order valence-electron chi connectivity index (χ0n) is 14.6. The van der Waals surface area contributed by atoms with E-state index >= 15 is 0 Å². The molecular formula is C20H26O3. The number of ether oxygens (including phenoxy) is 1. The number of hydrogen-bond donors (Lipinski definition) is 0. The molecule has 3 nitrogen and oxygen atoms in total. The van der Waals surface area contributed by atoms with Gasteiger partial charge in [-0.05, 0) is 60.3 Å². The van der Waals surface area contributed by atoms with Gasteiger partial charge in [0.25, 0.3) is 0 Å². The molecule has 0 N–H and O–H groups in total. The number of ketones is 1. The van der Waals surface area contributed by atoms with Crippen molar-refractivity contribution < 1.29 is 14.3 Å². The molecular weight excluding hydrogens is 288 g/mol. The second-order valence-electron chi connectivity index (χ2n) is 7.96. The summed E-state index contributed by atoms with van der Waals surface area (Å²) < 4.78 is 5.60. The molecule has 0 saturated carbocycles. The van der Waals surface area contributed by atoms with E-state index in [2.05, 4.69) is 19.9 Å². The average molecular weight is 314 g/mol. The molecule has 0 amide bonds. The van der Waals surface area contributed by atoms with Crippen LogP contribution in [0.25, 0.3) is 0 Å². The lowest BCUT2D eigenvalue weighted by atomic mass is 9.64. The molecule has 2 aliphatic rings. The van der Waals surface area contributed by atoms with E-state index in [1.54, 1.807) is 7.11 Å². The second-order valence-corrected chi connectivity index (χ2v) is 7.96. The number of carbonyl (C=O) groups excluding carboxylic acids is 2. The fourth-order valence-electron chi connectivity index (χ4n) is 4.36. The smallest absolute Gasteiger partial charge is 0.173 e. The molecule has 0 fully saturated rings. The first-order valence-corrected chi connectivity index (χ1v) is 8.56. The second kappa shape index (κ2) is 5.47. The Morgan fingerprint density at radius 3 is 2.57 bits per heavy atom. The number of fused-ring (bicyclic) bond motifs is 3. The van der Waals surface area contributed by atoms with Gasteiger partial charge in [-0.25, -0.2) is 0 Å². The van der Waals surface area contributed by atoms with Crippen LogP contribution in [-0.4, -0.2) is 19.2 Å². The number of carbonyl (C=O) groups is 2. The topological polar surface area (TPSA) is 43.4 Å². The molecule has 0 heterocycles. The van der Waals surface area contributed by atoms with Crippen molar-refractivity contribution in [2.45, 2.75) is 64.7 Å². The molecule has 1 atom stereocenters. The molecule has 124 valence electrons. The van der Waals surface area contributed by atoms with E-state index in [0.29, 0.717) is 5.75 Å². The molecule has 0 bridgehead atoms. The van der Waals surface area contributed by atoms with Crippen LogP contribution in [0.4, 0.5) is 0 Å².